The van der Waals surface area contributed by atoms with E-state index in [2.05, 4.69) is 15.6 Å². The van der Waals surface area contributed by atoms with Crippen LogP contribution in [0, 0.1) is 5.82 Å². The Labute approximate surface area is 137 Å². The number of hydrogen-bond donors (Lipinski definition) is 2. The number of aliphatic imine (C=N–C) groups is 1. The molecule has 0 atom stereocenters. The minimum atomic E-state index is -0.232. The second kappa shape index (κ2) is 8.84. The number of nitrogens with one attached hydrogen (secondary N) is 2. The first-order valence-electron chi connectivity index (χ1n) is 8.07. The van der Waals surface area contributed by atoms with Crippen LogP contribution < -0.4 is 10.6 Å². The largest absolute Gasteiger partial charge is 0.381 e. The first-order chi connectivity index (χ1) is 11.2. The van der Waals surface area contributed by atoms with Gasteiger partial charge in [0.1, 0.15) is 5.82 Å². The third-order valence-corrected chi connectivity index (χ3v) is 4.12. The van der Waals surface area contributed by atoms with Crippen LogP contribution in [0.15, 0.2) is 29.3 Å². The highest BCUT2D eigenvalue weighted by Crippen LogP contribution is 2.23. The molecule has 2 rings (SSSR count). The smallest absolute Gasteiger partial charge is 0.191 e. The van der Waals surface area contributed by atoms with E-state index in [1.54, 1.807) is 19.2 Å². The van der Waals surface area contributed by atoms with E-state index in [4.69, 9.17) is 9.47 Å². The molecule has 1 fully saturated rings. The highest BCUT2D eigenvalue weighted by atomic mass is 19.1. The molecule has 0 aliphatic carbocycles. The van der Waals surface area contributed by atoms with Crippen molar-refractivity contribution in [2.75, 3.05) is 33.4 Å². The van der Waals surface area contributed by atoms with Crippen molar-refractivity contribution in [2.24, 2.45) is 4.99 Å². The molecule has 0 spiro atoms. The van der Waals surface area contributed by atoms with Crippen LogP contribution in [0.25, 0.3) is 0 Å². The summed E-state index contributed by atoms with van der Waals surface area (Å²) in [6.45, 7) is 5.10. The summed E-state index contributed by atoms with van der Waals surface area (Å²) < 4.78 is 24.8. The molecule has 1 heterocycles. The number of ether oxygens (including phenoxy) is 2. The zero-order valence-corrected chi connectivity index (χ0v) is 13.9. The molecule has 1 aliphatic rings. The Morgan fingerprint density at radius 3 is 2.70 bits per heavy atom. The molecule has 5 nitrogen and oxygen atoms in total. The van der Waals surface area contributed by atoms with Gasteiger partial charge in [-0.25, -0.2) is 9.38 Å². The predicted molar refractivity (Wildman–Crippen MR) is 89.0 cm³/mol. The molecule has 0 bridgehead atoms. The summed E-state index contributed by atoms with van der Waals surface area (Å²) in [5.74, 6) is 0.434. The van der Waals surface area contributed by atoms with Crippen LogP contribution in [-0.4, -0.2) is 45.0 Å². The first kappa shape index (κ1) is 17.7. The molecule has 0 saturated carbocycles. The minimum Gasteiger partial charge on any atom is -0.381 e. The van der Waals surface area contributed by atoms with E-state index < -0.39 is 0 Å². The van der Waals surface area contributed by atoms with Gasteiger partial charge in [0.2, 0.25) is 0 Å². The van der Waals surface area contributed by atoms with Crippen molar-refractivity contribution in [3.8, 4) is 0 Å². The monoisotopic (exact) mass is 323 g/mol. The Morgan fingerprint density at radius 1 is 1.30 bits per heavy atom. The average molecular weight is 323 g/mol. The van der Waals surface area contributed by atoms with Crippen LogP contribution in [0.4, 0.5) is 4.39 Å². The topological polar surface area (TPSA) is 54.9 Å². The summed E-state index contributed by atoms with van der Waals surface area (Å²) >= 11 is 0. The Morgan fingerprint density at radius 2 is 2.04 bits per heavy atom. The van der Waals surface area contributed by atoms with Crippen molar-refractivity contribution in [3.63, 3.8) is 0 Å². The van der Waals surface area contributed by atoms with Crippen molar-refractivity contribution < 1.29 is 13.9 Å². The second-order valence-electron chi connectivity index (χ2n) is 5.64. The fourth-order valence-electron chi connectivity index (χ4n) is 2.57. The van der Waals surface area contributed by atoms with Crippen LogP contribution >= 0.6 is 0 Å². The second-order valence-corrected chi connectivity index (χ2v) is 5.64. The molecule has 0 radical (unpaired) electrons. The van der Waals surface area contributed by atoms with Crippen molar-refractivity contribution in [1.29, 1.82) is 0 Å². The van der Waals surface area contributed by atoms with E-state index >= 15 is 0 Å². The standard InChI is InChI=1S/C17H26FN3O2/c1-3-19-16(20-12-14-6-4-5-7-15(14)18)21-13-17(22-2)8-10-23-11-9-17/h4-7H,3,8-13H2,1-2H3,(H2,19,20,21). The summed E-state index contributed by atoms with van der Waals surface area (Å²) in [6, 6.07) is 6.69. The summed E-state index contributed by atoms with van der Waals surface area (Å²) in [5.41, 5.74) is 0.351. The van der Waals surface area contributed by atoms with Crippen LogP contribution in [0.1, 0.15) is 25.3 Å². The normalized spacial score (nSPS) is 17.8. The van der Waals surface area contributed by atoms with Crippen LogP contribution in [0.2, 0.25) is 0 Å². The molecule has 2 N–H and O–H groups in total. The number of guanidine groups is 1. The highest BCUT2D eigenvalue weighted by Gasteiger charge is 2.32. The Balaban J connectivity index is 1.97. The number of benzene rings is 1. The Bertz CT molecular complexity index is 516. The molecule has 1 aromatic carbocycles. The SMILES string of the molecule is CCNC(=NCc1ccccc1F)NCC1(OC)CCOCC1. The lowest BCUT2D eigenvalue weighted by Gasteiger charge is -2.36. The molecule has 23 heavy (non-hydrogen) atoms. The van der Waals surface area contributed by atoms with Gasteiger partial charge in [0, 0.05) is 51.8 Å². The molecule has 6 heteroatoms. The van der Waals surface area contributed by atoms with E-state index in [0.717, 1.165) is 19.4 Å². The lowest BCUT2D eigenvalue weighted by atomic mass is 9.94. The van der Waals surface area contributed by atoms with Gasteiger partial charge in [0.05, 0.1) is 12.1 Å². The zero-order valence-electron chi connectivity index (χ0n) is 13.9. The number of halogens is 1. The van der Waals surface area contributed by atoms with Crippen LogP contribution in [0.5, 0.6) is 0 Å². The fourth-order valence-corrected chi connectivity index (χ4v) is 2.57. The molecule has 1 aliphatic heterocycles. The van der Waals surface area contributed by atoms with Gasteiger partial charge >= 0.3 is 0 Å². The lowest BCUT2D eigenvalue weighted by Crippen LogP contribution is -2.50. The predicted octanol–water partition coefficient (Wildman–Crippen LogP) is 2.08. The summed E-state index contributed by atoms with van der Waals surface area (Å²) in [4.78, 5) is 4.46. The van der Waals surface area contributed by atoms with Crippen molar-refractivity contribution in [2.45, 2.75) is 31.9 Å². The third kappa shape index (κ3) is 5.18. The van der Waals surface area contributed by atoms with E-state index in [-0.39, 0.29) is 11.4 Å². The highest BCUT2D eigenvalue weighted by molar-refractivity contribution is 5.79. The summed E-state index contributed by atoms with van der Waals surface area (Å²) in [6.07, 6.45) is 1.70. The van der Waals surface area contributed by atoms with Gasteiger partial charge < -0.3 is 20.1 Å². The minimum absolute atomic E-state index is 0.230. The molecule has 1 saturated heterocycles. The van der Waals surface area contributed by atoms with Gasteiger partial charge in [0.25, 0.3) is 0 Å². The molecule has 0 aromatic heterocycles. The Kier molecular flexibility index (Phi) is 6.80. The maximum absolute atomic E-state index is 13.7. The van der Waals surface area contributed by atoms with Crippen molar-refractivity contribution >= 4 is 5.96 Å². The van der Waals surface area contributed by atoms with Gasteiger partial charge in [-0.2, -0.15) is 0 Å². The van der Waals surface area contributed by atoms with Gasteiger partial charge in [-0.05, 0) is 13.0 Å². The molecule has 0 amide bonds. The quantitative estimate of drug-likeness (QED) is 0.622. The van der Waals surface area contributed by atoms with Crippen molar-refractivity contribution in [3.05, 3.63) is 35.6 Å². The maximum atomic E-state index is 13.7. The van der Waals surface area contributed by atoms with E-state index in [1.165, 1.54) is 6.07 Å². The summed E-state index contributed by atoms with van der Waals surface area (Å²) in [7, 11) is 1.73. The van der Waals surface area contributed by atoms with E-state index in [1.807, 2.05) is 13.0 Å². The maximum Gasteiger partial charge on any atom is 0.191 e. The van der Waals surface area contributed by atoms with E-state index in [9.17, 15) is 4.39 Å². The summed E-state index contributed by atoms with van der Waals surface area (Å²) in [5, 5.41) is 6.49. The number of hydrogen-bond acceptors (Lipinski definition) is 3. The zero-order chi connectivity index (χ0) is 16.5. The number of rotatable bonds is 6. The fraction of sp³-hybridized carbons (Fsp3) is 0.588. The van der Waals surface area contributed by atoms with E-state index in [0.29, 0.717) is 37.8 Å². The molecule has 0 unspecified atom stereocenters. The number of methoxy groups -OCH3 is 1. The van der Waals surface area contributed by atoms with Gasteiger partial charge in [-0.3, -0.25) is 0 Å². The lowest BCUT2D eigenvalue weighted by molar-refractivity contribution is -0.0855. The van der Waals surface area contributed by atoms with Crippen molar-refractivity contribution in [1.82, 2.24) is 10.6 Å². The molecular weight excluding hydrogens is 297 g/mol. The molecule has 1 aromatic rings. The van der Waals surface area contributed by atoms with Crippen LogP contribution in [0.3, 0.4) is 0 Å². The van der Waals surface area contributed by atoms with Gasteiger partial charge in [-0.15, -0.1) is 0 Å². The number of nitrogens with zero attached hydrogens (tertiary/aromatic N) is 1. The molecule has 128 valence electrons. The molecular formula is C17H26FN3O2. The third-order valence-electron chi connectivity index (χ3n) is 4.12. The average Bonchev–Trinajstić information content (AvgIpc) is 2.59. The van der Waals surface area contributed by atoms with Crippen LogP contribution in [-0.2, 0) is 16.0 Å². The van der Waals surface area contributed by atoms with Gasteiger partial charge in [0.15, 0.2) is 5.96 Å². The first-order valence-corrected chi connectivity index (χ1v) is 8.07. The Hall–Kier alpha value is -1.66. The van der Waals surface area contributed by atoms with Gasteiger partial charge in [-0.1, -0.05) is 18.2 Å².